The van der Waals surface area contributed by atoms with Crippen LogP contribution in [0.5, 0.6) is 0 Å². The van der Waals surface area contributed by atoms with Crippen LogP contribution in [0.3, 0.4) is 0 Å². The zero-order chi connectivity index (χ0) is 13.5. The Bertz CT molecular complexity index is 306. The van der Waals surface area contributed by atoms with Gasteiger partial charge in [0.1, 0.15) is 11.7 Å². The van der Waals surface area contributed by atoms with Crippen LogP contribution in [0.4, 0.5) is 0 Å². The van der Waals surface area contributed by atoms with Gasteiger partial charge in [-0.05, 0) is 19.8 Å². The Hall–Kier alpha value is -0.710. The van der Waals surface area contributed by atoms with Crippen molar-refractivity contribution < 1.29 is 27.9 Å². The zero-order valence-electron chi connectivity index (χ0n) is 10.6. The molecule has 0 saturated carbocycles. The summed E-state index contributed by atoms with van der Waals surface area (Å²) in [6.45, 7) is 1.33. The molecule has 0 spiro atoms. The molecule has 7 heteroatoms. The monoisotopic (exact) mass is 266 g/mol. The molecule has 6 nitrogen and oxygen atoms in total. The minimum atomic E-state index is -3.07. The van der Waals surface area contributed by atoms with E-state index >= 15 is 0 Å². The predicted octanol–water partition coefficient (Wildman–Crippen LogP) is 1.63. The Morgan fingerprint density at radius 3 is 2.06 bits per heavy atom. The minimum absolute atomic E-state index is 0.167. The van der Waals surface area contributed by atoms with Gasteiger partial charge in [0, 0.05) is 14.2 Å². The molecule has 0 rings (SSSR count). The lowest BCUT2D eigenvalue weighted by molar-refractivity contribution is -0.149. The first kappa shape index (κ1) is 16.3. The number of Topliss-reactive ketones (excluding diaryl/α,β-unsaturated/α-hetero) is 1. The highest BCUT2D eigenvalue weighted by atomic mass is 31.2. The third-order valence-corrected chi connectivity index (χ3v) is 4.43. The predicted molar refractivity (Wildman–Crippen MR) is 61.9 cm³/mol. The Balaban J connectivity index is 4.29. The molecular weight excluding hydrogens is 247 g/mol. The second kappa shape index (κ2) is 7.58. The van der Waals surface area contributed by atoms with Crippen LogP contribution in [0.1, 0.15) is 19.8 Å². The number of hydrogen-bond donors (Lipinski definition) is 0. The van der Waals surface area contributed by atoms with Crippen molar-refractivity contribution in [1.82, 2.24) is 0 Å². The summed E-state index contributed by atoms with van der Waals surface area (Å²) in [6, 6.07) is 0. The largest absolute Gasteiger partial charge is 0.468 e. The fourth-order valence-corrected chi connectivity index (χ4v) is 2.46. The number of carbonyl (C=O) groups excluding carboxylic acids is 2. The standard InChI is InChI=1S/C10H19O6P/c1-8(11)9(10(12)14-2)6-5-7-17(13,15-3)16-4/h9H,5-7H2,1-4H3. The molecule has 0 radical (unpaired) electrons. The average molecular weight is 266 g/mol. The summed E-state index contributed by atoms with van der Waals surface area (Å²) in [5.41, 5.74) is 0. The summed E-state index contributed by atoms with van der Waals surface area (Å²) < 4.78 is 25.7. The highest BCUT2D eigenvalue weighted by Gasteiger charge is 2.26. The fourth-order valence-electron chi connectivity index (χ4n) is 1.38. The molecule has 0 aromatic rings. The van der Waals surface area contributed by atoms with Gasteiger partial charge in [-0.1, -0.05) is 0 Å². The van der Waals surface area contributed by atoms with Crippen LogP contribution in [-0.4, -0.2) is 39.2 Å². The molecule has 1 unspecified atom stereocenters. The van der Waals surface area contributed by atoms with Crippen LogP contribution in [-0.2, 0) is 27.9 Å². The summed E-state index contributed by atoms with van der Waals surface area (Å²) >= 11 is 0. The van der Waals surface area contributed by atoms with Crippen molar-refractivity contribution in [2.75, 3.05) is 27.5 Å². The number of ketones is 1. The Morgan fingerprint density at radius 2 is 1.71 bits per heavy atom. The second-order valence-electron chi connectivity index (χ2n) is 3.53. The van der Waals surface area contributed by atoms with E-state index in [-0.39, 0.29) is 18.4 Å². The van der Waals surface area contributed by atoms with Crippen LogP contribution in [0.2, 0.25) is 0 Å². The second-order valence-corrected chi connectivity index (χ2v) is 5.93. The molecule has 0 aliphatic carbocycles. The molecule has 0 aromatic heterocycles. The smallest absolute Gasteiger partial charge is 0.330 e. The van der Waals surface area contributed by atoms with E-state index in [9.17, 15) is 14.2 Å². The highest BCUT2D eigenvalue weighted by Crippen LogP contribution is 2.47. The maximum atomic E-state index is 11.7. The summed E-state index contributed by atoms with van der Waals surface area (Å²) in [7, 11) is 0.757. The van der Waals surface area contributed by atoms with Gasteiger partial charge in [0.25, 0.3) is 0 Å². The molecular formula is C10H19O6P. The lowest BCUT2D eigenvalue weighted by atomic mass is 10.00. The number of methoxy groups -OCH3 is 1. The molecule has 100 valence electrons. The molecule has 17 heavy (non-hydrogen) atoms. The van der Waals surface area contributed by atoms with E-state index in [1.165, 1.54) is 28.3 Å². The van der Waals surface area contributed by atoms with Crippen molar-refractivity contribution in [2.45, 2.75) is 19.8 Å². The fraction of sp³-hybridized carbons (Fsp3) is 0.800. The molecule has 0 amide bonds. The molecule has 0 aliphatic heterocycles. The van der Waals surface area contributed by atoms with E-state index < -0.39 is 19.5 Å². The van der Waals surface area contributed by atoms with Gasteiger partial charge in [-0.2, -0.15) is 0 Å². The van der Waals surface area contributed by atoms with Crippen molar-refractivity contribution in [1.29, 1.82) is 0 Å². The number of carbonyl (C=O) groups is 2. The molecule has 0 aliphatic rings. The maximum Gasteiger partial charge on any atom is 0.330 e. The van der Waals surface area contributed by atoms with Crippen LogP contribution < -0.4 is 0 Å². The van der Waals surface area contributed by atoms with Crippen molar-refractivity contribution in [3.8, 4) is 0 Å². The van der Waals surface area contributed by atoms with E-state index in [0.717, 1.165) is 0 Å². The van der Waals surface area contributed by atoms with E-state index in [1.54, 1.807) is 0 Å². The number of rotatable bonds is 8. The van der Waals surface area contributed by atoms with Crippen LogP contribution in [0.15, 0.2) is 0 Å². The Kier molecular flexibility index (Phi) is 7.27. The highest BCUT2D eigenvalue weighted by molar-refractivity contribution is 7.53. The van der Waals surface area contributed by atoms with Gasteiger partial charge in [-0.25, -0.2) is 0 Å². The first-order chi connectivity index (χ1) is 7.90. The SMILES string of the molecule is COC(=O)C(CCCP(=O)(OC)OC)C(C)=O. The van der Waals surface area contributed by atoms with Gasteiger partial charge < -0.3 is 13.8 Å². The summed E-state index contributed by atoms with van der Waals surface area (Å²) in [6.07, 6.45) is 0.831. The van der Waals surface area contributed by atoms with Crippen LogP contribution in [0.25, 0.3) is 0 Å². The topological polar surface area (TPSA) is 78.9 Å². The van der Waals surface area contributed by atoms with Gasteiger partial charge >= 0.3 is 13.6 Å². The normalized spacial score (nSPS) is 13.2. The third-order valence-electron chi connectivity index (χ3n) is 2.46. The quantitative estimate of drug-likeness (QED) is 0.377. The van der Waals surface area contributed by atoms with Gasteiger partial charge in [-0.15, -0.1) is 0 Å². The molecule has 1 atom stereocenters. The number of esters is 1. The summed E-state index contributed by atoms with van der Waals surface area (Å²) in [5, 5.41) is 0. The van der Waals surface area contributed by atoms with Crippen molar-refractivity contribution >= 4 is 19.3 Å². The van der Waals surface area contributed by atoms with Crippen molar-refractivity contribution in [3.05, 3.63) is 0 Å². The molecule has 0 bridgehead atoms. The minimum Gasteiger partial charge on any atom is -0.468 e. The van der Waals surface area contributed by atoms with Gasteiger partial charge in [-0.3, -0.25) is 14.2 Å². The molecule has 0 N–H and O–H groups in total. The Morgan fingerprint density at radius 1 is 1.18 bits per heavy atom. The van der Waals surface area contributed by atoms with Crippen LogP contribution in [0, 0.1) is 5.92 Å². The Labute approximate surface area is 101 Å². The number of ether oxygens (including phenoxy) is 1. The summed E-state index contributed by atoms with van der Waals surface area (Å²) in [5.74, 6) is -1.63. The molecule has 0 aromatic carbocycles. The maximum absolute atomic E-state index is 11.7. The summed E-state index contributed by atoms with van der Waals surface area (Å²) in [4.78, 5) is 22.5. The van der Waals surface area contributed by atoms with E-state index in [2.05, 4.69) is 4.74 Å². The van der Waals surface area contributed by atoms with E-state index in [0.29, 0.717) is 6.42 Å². The van der Waals surface area contributed by atoms with E-state index in [4.69, 9.17) is 9.05 Å². The average Bonchev–Trinajstić information content (AvgIpc) is 2.33. The van der Waals surface area contributed by atoms with E-state index in [1.807, 2.05) is 0 Å². The number of hydrogen-bond acceptors (Lipinski definition) is 6. The van der Waals surface area contributed by atoms with Crippen LogP contribution >= 0.6 is 7.60 Å². The zero-order valence-corrected chi connectivity index (χ0v) is 11.5. The van der Waals surface area contributed by atoms with Gasteiger partial charge in [0.2, 0.25) is 0 Å². The first-order valence-corrected chi connectivity index (χ1v) is 6.91. The molecule has 0 heterocycles. The van der Waals surface area contributed by atoms with Crippen molar-refractivity contribution in [2.24, 2.45) is 5.92 Å². The molecule has 0 fully saturated rings. The third kappa shape index (κ3) is 5.44. The van der Waals surface area contributed by atoms with Crippen molar-refractivity contribution in [3.63, 3.8) is 0 Å². The first-order valence-electron chi connectivity index (χ1n) is 5.19. The van der Waals surface area contributed by atoms with Gasteiger partial charge in [0.05, 0.1) is 13.3 Å². The van der Waals surface area contributed by atoms with Gasteiger partial charge in [0.15, 0.2) is 0 Å². The lowest BCUT2D eigenvalue weighted by Gasteiger charge is -2.15. The molecule has 0 saturated heterocycles. The lowest BCUT2D eigenvalue weighted by Crippen LogP contribution is -2.23.